The smallest absolute Gasteiger partial charge is 0.123 e. The van der Waals surface area contributed by atoms with Crippen molar-refractivity contribution in [3.63, 3.8) is 0 Å². The lowest BCUT2D eigenvalue weighted by Crippen LogP contribution is -2.45. The van der Waals surface area contributed by atoms with Gasteiger partial charge in [-0.15, -0.1) is 0 Å². The maximum absolute atomic E-state index is 13.0. The molecule has 3 heteroatoms. The number of nitrogens with one attached hydrogen (secondary N) is 1. The van der Waals surface area contributed by atoms with Crippen LogP contribution in [-0.2, 0) is 0 Å². The van der Waals surface area contributed by atoms with Crippen LogP contribution in [0.4, 0.5) is 10.1 Å². The third-order valence-corrected chi connectivity index (χ3v) is 4.91. The second-order valence-corrected chi connectivity index (χ2v) is 6.37. The number of halogens is 1. The van der Waals surface area contributed by atoms with Crippen molar-refractivity contribution in [2.75, 3.05) is 25.0 Å². The van der Waals surface area contributed by atoms with Gasteiger partial charge in [-0.3, -0.25) is 0 Å². The Bertz CT molecular complexity index is 418. The molecule has 0 saturated heterocycles. The number of hydrogen-bond acceptors (Lipinski definition) is 2. The predicted octanol–water partition coefficient (Wildman–Crippen LogP) is 4.07. The quantitative estimate of drug-likeness (QED) is 0.850. The van der Waals surface area contributed by atoms with Gasteiger partial charge in [-0.1, -0.05) is 20.3 Å². The highest BCUT2D eigenvalue weighted by Gasteiger charge is 2.30. The molecule has 1 aromatic rings. The Balaban J connectivity index is 2.00. The van der Waals surface area contributed by atoms with Crippen LogP contribution in [0.3, 0.4) is 0 Å². The van der Waals surface area contributed by atoms with Crippen molar-refractivity contribution >= 4 is 5.69 Å². The Labute approximate surface area is 128 Å². The summed E-state index contributed by atoms with van der Waals surface area (Å²) in [6.45, 7) is 6.57. The van der Waals surface area contributed by atoms with Gasteiger partial charge in [-0.25, -0.2) is 4.39 Å². The third kappa shape index (κ3) is 4.44. The molecule has 2 nitrogen and oxygen atoms in total. The lowest BCUT2D eigenvalue weighted by Gasteiger charge is -2.39. The molecule has 3 unspecified atom stereocenters. The molecular formula is C18H29FN2. The van der Waals surface area contributed by atoms with E-state index in [1.165, 1.54) is 25.7 Å². The average Bonchev–Trinajstić information content (AvgIpc) is 2.49. The molecule has 1 aliphatic rings. The fraction of sp³-hybridized carbons (Fsp3) is 0.667. The van der Waals surface area contributed by atoms with Crippen LogP contribution in [0.5, 0.6) is 0 Å². The van der Waals surface area contributed by atoms with Crippen molar-refractivity contribution < 1.29 is 4.39 Å². The van der Waals surface area contributed by atoms with E-state index in [2.05, 4.69) is 31.1 Å². The molecule has 1 saturated carbocycles. The lowest BCUT2D eigenvalue weighted by atomic mass is 9.76. The number of benzene rings is 1. The van der Waals surface area contributed by atoms with Crippen molar-refractivity contribution in [1.29, 1.82) is 0 Å². The summed E-state index contributed by atoms with van der Waals surface area (Å²) in [5.41, 5.74) is 1.10. The van der Waals surface area contributed by atoms with Crippen LogP contribution in [0.25, 0.3) is 0 Å². The first-order chi connectivity index (χ1) is 10.1. The van der Waals surface area contributed by atoms with Gasteiger partial charge in [0.05, 0.1) is 0 Å². The molecule has 2 rings (SSSR count). The van der Waals surface area contributed by atoms with Gasteiger partial charge >= 0.3 is 0 Å². The molecule has 0 bridgehead atoms. The van der Waals surface area contributed by atoms with Crippen molar-refractivity contribution in [3.05, 3.63) is 30.1 Å². The van der Waals surface area contributed by atoms with Gasteiger partial charge in [0.15, 0.2) is 0 Å². The van der Waals surface area contributed by atoms with Crippen LogP contribution in [0.1, 0.15) is 39.5 Å². The molecule has 0 radical (unpaired) electrons. The van der Waals surface area contributed by atoms with Crippen LogP contribution >= 0.6 is 0 Å². The number of rotatable bonds is 6. The average molecular weight is 292 g/mol. The van der Waals surface area contributed by atoms with Crippen molar-refractivity contribution in [2.24, 2.45) is 11.8 Å². The summed E-state index contributed by atoms with van der Waals surface area (Å²) in [7, 11) is 2.12. The highest BCUT2D eigenvalue weighted by Crippen LogP contribution is 2.32. The van der Waals surface area contributed by atoms with Gasteiger partial charge in [0.25, 0.3) is 0 Å². The van der Waals surface area contributed by atoms with Gasteiger partial charge in [-0.2, -0.15) is 0 Å². The lowest BCUT2D eigenvalue weighted by molar-refractivity contribution is 0.204. The first-order valence-corrected chi connectivity index (χ1v) is 8.34. The van der Waals surface area contributed by atoms with E-state index in [0.29, 0.717) is 12.0 Å². The number of hydrogen-bond donors (Lipinski definition) is 1. The predicted molar refractivity (Wildman–Crippen MR) is 88.3 cm³/mol. The molecule has 0 amide bonds. The summed E-state index contributed by atoms with van der Waals surface area (Å²) >= 11 is 0. The minimum absolute atomic E-state index is 0.165. The van der Waals surface area contributed by atoms with E-state index < -0.39 is 0 Å². The Morgan fingerprint density at radius 1 is 1.19 bits per heavy atom. The van der Waals surface area contributed by atoms with E-state index in [1.54, 1.807) is 12.1 Å². The minimum Gasteiger partial charge on any atom is -0.374 e. The van der Waals surface area contributed by atoms with Crippen molar-refractivity contribution in [3.8, 4) is 0 Å². The Kier molecular flexibility index (Phi) is 6.04. The molecule has 0 aromatic heterocycles. The number of anilines is 1. The molecule has 1 N–H and O–H groups in total. The highest BCUT2D eigenvalue weighted by atomic mass is 19.1. The molecule has 21 heavy (non-hydrogen) atoms. The zero-order valence-electron chi connectivity index (χ0n) is 13.6. The van der Waals surface area contributed by atoms with E-state index in [9.17, 15) is 4.39 Å². The number of nitrogens with zero attached hydrogens (tertiary/aromatic N) is 1. The van der Waals surface area contributed by atoms with E-state index in [1.807, 2.05) is 12.1 Å². The van der Waals surface area contributed by atoms with Gasteiger partial charge in [-0.05, 0) is 61.9 Å². The van der Waals surface area contributed by atoms with E-state index in [-0.39, 0.29) is 5.82 Å². The molecule has 0 aliphatic heterocycles. The maximum Gasteiger partial charge on any atom is 0.123 e. The molecule has 1 aliphatic carbocycles. The summed E-state index contributed by atoms with van der Waals surface area (Å²) in [6, 6.07) is 7.46. The van der Waals surface area contributed by atoms with Gasteiger partial charge in [0.1, 0.15) is 5.82 Å². The fourth-order valence-corrected chi connectivity index (χ4v) is 3.62. The first kappa shape index (κ1) is 16.3. The second kappa shape index (κ2) is 7.79. The molecule has 118 valence electrons. The standard InChI is InChI=1S/C18H29FN2/c1-4-14-6-11-18(20-5-2)15(12-14)13-21(3)17-9-7-16(19)8-10-17/h7-10,14-15,18,20H,4-6,11-13H2,1-3H3. The maximum atomic E-state index is 13.0. The Morgan fingerprint density at radius 2 is 1.90 bits per heavy atom. The normalized spacial score (nSPS) is 25.8. The van der Waals surface area contributed by atoms with E-state index in [4.69, 9.17) is 0 Å². The van der Waals surface area contributed by atoms with Crippen LogP contribution < -0.4 is 10.2 Å². The van der Waals surface area contributed by atoms with Crippen LogP contribution in [0.2, 0.25) is 0 Å². The summed E-state index contributed by atoms with van der Waals surface area (Å²) < 4.78 is 13.0. The monoisotopic (exact) mass is 292 g/mol. The molecule has 0 spiro atoms. The SMILES string of the molecule is CCNC1CCC(CC)CC1CN(C)c1ccc(F)cc1. The summed E-state index contributed by atoms with van der Waals surface area (Å²) in [4.78, 5) is 2.27. The highest BCUT2D eigenvalue weighted by molar-refractivity contribution is 5.45. The van der Waals surface area contributed by atoms with E-state index >= 15 is 0 Å². The summed E-state index contributed by atoms with van der Waals surface area (Å²) in [5, 5.41) is 3.66. The minimum atomic E-state index is -0.165. The zero-order chi connectivity index (χ0) is 15.2. The largest absolute Gasteiger partial charge is 0.374 e. The van der Waals surface area contributed by atoms with Gasteiger partial charge in [0, 0.05) is 25.3 Å². The fourth-order valence-electron chi connectivity index (χ4n) is 3.62. The molecular weight excluding hydrogens is 263 g/mol. The van der Waals surface area contributed by atoms with Crippen molar-refractivity contribution in [2.45, 2.75) is 45.6 Å². The van der Waals surface area contributed by atoms with Gasteiger partial charge < -0.3 is 10.2 Å². The molecule has 3 atom stereocenters. The van der Waals surface area contributed by atoms with Crippen LogP contribution in [0, 0.1) is 17.7 Å². The Hall–Kier alpha value is -1.09. The summed E-state index contributed by atoms with van der Waals surface area (Å²) in [5.74, 6) is 1.38. The van der Waals surface area contributed by atoms with Crippen LogP contribution in [-0.4, -0.2) is 26.2 Å². The first-order valence-electron chi connectivity index (χ1n) is 8.34. The molecule has 1 fully saturated rings. The summed E-state index contributed by atoms with van der Waals surface area (Å²) in [6.07, 6.45) is 5.23. The van der Waals surface area contributed by atoms with Gasteiger partial charge in [0.2, 0.25) is 0 Å². The third-order valence-electron chi connectivity index (χ3n) is 4.91. The van der Waals surface area contributed by atoms with Crippen molar-refractivity contribution in [1.82, 2.24) is 5.32 Å². The van der Waals surface area contributed by atoms with Crippen LogP contribution in [0.15, 0.2) is 24.3 Å². The second-order valence-electron chi connectivity index (χ2n) is 6.37. The Morgan fingerprint density at radius 3 is 2.52 bits per heavy atom. The molecule has 1 aromatic carbocycles. The van der Waals surface area contributed by atoms with E-state index in [0.717, 1.165) is 24.7 Å². The topological polar surface area (TPSA) is 15.3 Å². The molecule has 0 heterocycles. The zero-order valence-corrected chi connectivity index (χ0v) is 13.6.